The lowest BCUT2D eigenvalue weighted by Gasteiger charge is -2.36. The predicted octanol–water partition coefficient (Wildman–Crippen LogP) is 2.93. The van der Waals surface area contributed by atoms with Crippen molar-refractivity contribution in [2.75, 3.05) is 40.3 Å². The quantitative estimate of drug-likeness (QED) is 0.752. The largest absolute Gasteiger partial charge is 0.497 e. The molecule has 1 aromatic rings. The SMILES string of the molecule is COc1cccc(C2=CC(=O)N3C=C(N4CCCN(C)CC4)C=CC3P2)c1. The van der Waals surface area contributed by atoms with E-state index in [4.69, 9.17) is 4.74 Å². The molecule has 3 aliphatic heterocycles. The molecule has 0 spiro atoms. The summed E-state index contributed by atoms with van der Waals surface area (Å²) in [4.78, 5) is 19.5. The second-order valence-corrected chi connectivity index (χ2v) is 8.60. The highest BCUT2D eigenvalue weighted by Crippen LogP contribution is 2.45. The average Bonchev–Trinajstić information content (AvgIpc) is 2.92. The number of benzene rings is 1. The number of amides is 1. The highest BCUT2D eigenvalue weighted by Gasteiger charge is 2.29. The number of hydrogen-bond donors (Lipinski definition) is 0. The Morgan fingerprint density at radius 1 is 1.19 bits per heavy atom. The van der Waals surface area contributed by atoms with Crippen LogP contribution in [0.5, 0.6) is 5.75 Å². The molecule has 3 heterocycles. The summed E-state index contributed by atoms with van der Waals surface area (Å²) in [6.07, 6.45) is 9.37. The summed E-state index contributed by atoms with van der Waals surface area (Å²) < 4.78 is 5.33. The van der Waals surface area contributed by atoms with Crippen LogP contribution in [0.25, 0.3) is 5.31 Å². The van der Waals surface area contributed by atoms with Gasteiger partial charge in [0.05, 0.1) is 18.6 Å². The number of fused-ring (bicyclic) bond motifs is 1. The van der Waals surface area contributed by atoms with Crippen molar-refractivity contribution in [3.8, 4) is 5.75 Å². The van der Waals surface area contributed by atoms with Gasteiger partial charge in [-0.05, 0) is 49.1 Å². The summed E-state index contributed by atoms with van der Waals surface area (Å²) in [7, 11) is 4.37. The van der Waals surface area contributed by atoms with Crippen LogP contribution in [-0.2, 0) is 4.79 Å². The van der Waals surface area contributed by atoms with Gasteiger partial charge in [0.15, 0.2) is 0 Å². The molecule has 4 rings (SSSR count). The van der Waals surface area contributed by atoms with Crippen LogP contribution in [0.15, 0.2) is 54.4 Å². The van der Waals surface area contributed by atoms with E-state index in [9.17, 15) is 4.79 Å². The van der Waals surface area contributed by atoms with Crippen LogP contribution >= 0.6 is 8.58 Å². The van der Waals surface area contributed by atoms with Crippen LogP contribution < -0.4 is 4.74 Å². The molecule has 0 aromatic heterocycles. The van der Waals surface area contributed by atoms with Crippen molar-refractivity contribution in [1.29, 1.82) is 0 Å². The Kier molecular flexibility index (Phi) is 5.33. The number of ether oxygens (including phenoxy) is 1. The molecule has 0 radical (unpaired) electrons. The fraction of sp³-hybridized carbons (Fsp3) is 0.381. The van der Waals surface area contributed by atoms with Crippen LogP contribution in [0.1, 0.15) is 12.0 Å². The van der Waals surface area contributed by atoms with Crippen molar-refractivity contribution in [2.45, 2.75) is 12.2 Å². The monoisotopic (exact) mass is 383 g/mol. The summed E-state index contributed by atoms with van der Waals surface area (Å²) in [5, 5.41) is 1.10. The number of rotatable bonds is 3. The van der Waals surface area contributed by atoms with Crippen molar-refractivity contribution >= 4 is 19.8 Å². The van der Waals surface area contributed by atoms with Gasteiger partial charge in [0.25, 0.3) is 5.91 Å². The molecular weight excluding hydrogens is 357 g/mol. The van der Waals surface area contributed by atoms with Crippen molar-refractivity contribution in [2.24, 2.45) is 0 Å². The number of hydrogen-bond acceptors (Lipinski definition) is 4. The minimum Gasteiger partial charge on any atom is -0.497 e. The predicted molar refractivity (Wildman–Crippen MR) is 111 cm³/mol. The highest BCUT2D eigenvalue weighted by molar-refractivity contribution is 7.51. The molecule has 2 unspecified atom stereocenters. The minimum absolute atomic E-state index is 0.0605. The number of methoxy groups -OCH3 is 1. The second kappa shape index (κ2) is 7.87. The smallest absolute Gasteiger partial charge is 0.252 e. The first-order chi connectivity index (χ1) is 13.1. The van der Waals surface area contributed by atoms with Gasteiger partial charge in [-0.1, -0.05) is 26.8 Å². The summed E-state index contributed by atoms with van der Waals surface area (Å²) in [5.41, 5.74) is 2.22. The lowest BCUT2D eigenvalue weighted by atomic mass is 10.1. The van der Waals surface area contributed by atoms with Crippen molar-refractivity contribution < 1.29 is 9.53 Å². The first-order valence-electron chi connectivity index (χ1n) is 9.42. The molecule has 1 aromatic carbocycles. The maximum Gasteiger partial charge on any atom is 0.252 e. The Balaban J connectivity index is 1.54. The molecule has 1 saturated heterocycles. The minimum atomic E-state index is 0.0605. The summed E-state index contributed by atoms with van der Waals surface area (Å²) >= 11 is 0. The Bertz CT molecular complexity index is 817. The van der Waals surface area contributed by atoms with E-state index in [1.54, 1.807) is 13.2 Å². The average molecular weight is 383 g/mol. The number of nitrogens with zero attached hydrogens (tertiary/aromatic N) is 3. The molecule has 142 valence electrons. The van der Waals surface area contributed by atoms with E-state index in [0.29, 0.717) is 8.58 Å². The van der Waals surface area contributed by atoms with Gasteiger partial charge in [-0.2, -0.15) is 0 Å². The van der Waals surface area contributed by atoms with Gasteiger partial charge < -0.3 is 19.4 Å². The normalized spacial score (nSPS) is 24.4. The van der Waals surface area contributed by atoms with Crippen molar-refractivity contribution in [3.63, 3.8) is 0 Å². The molecule has 1 amide bonds. The first kappa shape index (κ1) is 18.3. The van der Waals surface area contributed by atoms with Gasteiger partial charge in [-0.15, -0.1) is 0 Å². The molecule has 27 heavy (non-hydrogen) atoms. The molecule has 1 fully saturated rings. The standard InChI is InChI=1S/C21H26N3O2P/c1-22-9-4-10-23(12-11-22)17-7-8-21-24(15-17)20(25)14-19(27-21)16-5-3-6-18(13-16)26-2/h3,5-8,13-15,21,27H,4,9-12H2,1-2H3. The highest BCUT2D eigenvalue weighted by atomic mass is 31.1. The fourth-order valence-corrected chi connectivity index (χ4v) is 5.10. The third-order valence-corrected chi connectivity index (χ3v) is 6.82. The van der Waals surface area contributed by atoms with Gasteiger partial charge in [-0.25, -0.2) is 0 Å². The summed E-state index contributed by atoms with van der Waals surface area (Å²) in [6, 6.07) is 7.95. The molecular formula is C21H26N3O2P. The first-order valence-corrected chi connectivity index (χ1v) is 10.5. The van der Waals surface area contributed by atoms with Crippen LogP contribution in [0.3, 0.4) is 0 Å². The number of carbonyl (C=O) groups excluding carboxylic acids is 1. The Morgan fingerprint density at radius 3 is 2.93 bits per heavy atom. The topological polar surface area (TPSA) is 36.0 Å². The van der Waals surface area contributed by atoms with Crippen LogP contribution in [0.2, 0.25) is 0 Å². The van der Waals surface area contributed by atoms with E-state index in [1.165, 1.54) is 0 Å². The van der Waals surface area contributed by atoms with Crippen molar-refractivity contribution in [3.05, 3.63) is 60.0 Å². The van der Waals surface area contributed by atoms with E-state index < -0.39 is 0 Å². The lowest BCUT2D eigenvalue weighted by Crippen LogP contribution is -2.38. The summed E-state index contributed by atoms with van der Waals surface area (Å²) in [6.45, 7) is 4.24. The van der Waals surface area contributed by atoms with Gasteiger partial charge in [0.1, 0.15) is 5.75 Å². The molecule has 0 aliphatic carbocycles. The number of likely N-dealkylation sites (N-methyl/N-ethyl adjacent to an activating group) is 1. The molecule has 2 atom stereocenters. The second-order valence-electron chi connectivity index (χ2n) is 7.18. The Hall–Kier alpha value is -2.10. The fourth-order valence-electron chi connectivity index (χ4n) is 3.71. The van der Waals surface area contributed by atoms with Crippen LogP contribution in [0, 0.1) is 0 Å². The van der Waals surface area contributed by atoms with E-state index in [2.05, 4.69) is 29.0 Å². The molecule has 6 heteroatoms. The molecule has 0 bridgehead atoms. The van der Waals surface area contributed by atoms with E-state index in [0.717, 1.165) is 54.9 Å². The number of allylic oxidation sites excluding steroid dienone is 1. The van der Waals surface area contributed by atoms with Gasteiger partial charge >= 0.3 is 0 Å². The van der Waals surface area contributed by atoms with Gasteiger partial charge in [0.2, 0.25) is 0 Å². The zero-order chi connectivity index (χ0) is 18.8. The number of carbonyl (C=O) groups is 1. The van der Waals surface area contributed by atoms with Gasteiger partial charge in [0, 0.05) is 31.9 Å². The zero-order valence-electron chi connectivity index (χ0n) is 15.9. The molecule has 0 N–H and O–H groups in total. The maximum atomic E-state index is 12.8. The summed E-state index contributed by atoms with van der Waals surface area (Å²) in [5.74, 6) is 0.994. The Labute approximate surface area is 162 Å². The Morgan fingerprint density at radius 2 is 2.07 bits per heavy atom. The molecule has 5 nitrogen and oxygen atoms in total. The molecule has 3 aliphatic rings. The van der Waals surface area contributed by atoms with Crippen LogP contribution in [0.4, 0.5) is 0 Å². The molecule has 0 saturated carbocycles. The van der Waals surface area contributed by atoms with E-state index in [1.807, 2.05) is 35.4 Å². The third kappa shape index (κ3) is 3.95. The van der Waals surface area contributed by atoms with E-state index in [-0.39, 0.29) is 11.7 Å². The van der Waals surface area contributed by atoms with E-state index >= 15 is 0 Å². The van der Waals surface area contributed by atoms with Gasteiger partial charge in [-0.3, -0.25) is 4.79 Å². The maximum absolute atomic E-state index is 12.8. The lowest BCUT2D eigenvalue weighted by molar-refractivity contribution is -0.123. The van der Waals surface area contributed by atoms with Crippen LogP contribution in [-0.4, -0.2) is 66.7 Å². The van der Waals surface area contributed by atoms with Crippen molar-refractivity contribution in [1.82, 2.24) is 14.7 Å². The zero-order valence-corrected chi connectivity index (χ0v) is 16.9. The third-order valence-electron chi connectivity index (χ3n) is 5.31.